The average Bonchev–Trinajstić information content (AvgIpc) is 3.90. The van der Waals surface area contributed by atoms with E-state index >= 15 is 0 Å². The molecule has 1 saturated carbocycles. The molecule has 5 heteroatoms. The molecule has 0 bridgehead atoms. The molecule has 2 aliphatic rings. The van der Waals surface area contributed by atoms with Crippen molar-refractivity contribution in [3.8, 4) is 0 Å². The lowest BCUT2D eigenvalue weighted by atomic mass is 9.79. The zero-order chi connectivity index (χ0) is 35.0. The Bertz CT molecular complexity index is 768. The molecule has 0 N–H and O–H groups in total. The normalized spacial score (nSPS) is 19.9. The summed E-state index contributed by atoms with van der Waals surface area (Å²) in [7, 11) is 0. The number of carbonyl (C=O) groups is 2. The average molecular weight is 691 g/mol. The van der Waals surface area contributed by atoms with E-state index in [1.165, 1.54) is 180 Å². The van der Waals surface area contributed by atoms with Crippen molar-refractivity contribution in [2.45, 2.75) is 244 Å². The van der Waals surface area contributed by atoms with Gasteiger partial charge in [-0.1, -0.05) is 206 Å². The van der Waals surface area contributed by atoms with Crippen LogP contribution in [-0.2, 0) is 23.8 Å². The van der Waals surface area contributed by atoms with Gasteiger partial charge in [0.25, 0.3) is 0 Å². The molecule has 0 radical (unpaired) electrons. The van der Waals surface area contributed by atoms with Gasteiger partial charge in [0.15, 0.2) is 0 Å². The summed E-state index contributed by atoms with van der Waals surface area (Å²) in [5, 5.41) is 0. The molecule has 0 aromatic heterocycles. The molecule has 2 rings (SSSR count). The smallest absolute Gasteiger partial charge is 0.312 e. The van der Waals surface area contributed by atoms with Crippen molar-refractivity contribution in [1.82, 2.24) is 0 Å². The van der Waals surface area contributed by atoms with E-state index in [9.17, 15) is 9.59 Å². The maximum atomic E-state index is 13.0. The molecule has 288 valence electrons. The predicted octanol–water partition coefficient (Wildman–Crippen LogP) is 13.4. The zero-order valence-corrected chi connectivity index (χ0v) is 32.8. The Hall–Kier alpha value is -1.10. The molecule has 5 nitrogen and oxygen atoms in total. The first-order valence-corrected chi connectivity index (χ1v) is 22.2. The Morgan fingerprint density at radius 1 is 0.429 bits per heavy atom. The van der Waals surface area contributed by atoms with E-state index in [0.717, 1.165) is 32.1 Å². The number of hydrogen-bond acceptors (Lipinski definition) is 5. The van der Waals surface area contributed by atoms with Gasteiger partial charge in [-0.05, 0) is 25.7 Å². The molecule has 0 aromatic carbocycles. The third-order valence-corrected chi connectivity index (χ3v) is 11.2. The highest BCUT2D eigenvalue weighted by Gasteiger charge is 2.57. The van der Waals surface area contributed by atoms with E-state index in [2.05, 4.69) is 13.8 Å². The summed E-state index contributed by atoms with van der Waals surface area (Å²) >= 11 is 0. The lowest BCUT2D eigenvalue weighted by molar-refractivity contribution is -0.162. The summed E-state index contributed by atoms with van der Waals surface area (Å²) in [4.78, 5) is 26.0. The van der Waals surface area contributed by atoms with Gasteiger partial charge in [0, 0.05) is 0 Å². The summed E-state index contributed by atoms with van der Waals surface area (Å²) in [5.41, 5.74) is 0. The molecule has 0 spiro atoms. The highest BCUT2D eigenvalue weighted by molar-refractivity contribution is 5.83. The Balaban J connectivity index is 1.39. The highest BCUT2D eigenvalue weighted by atomic mass is 16.6. The number of fused-ring (bicyclic) bond motifs is 1. The van der Waals surface area contributed by atoms with Crippen LogP contribution in [0, 0.1) is 11.8 Å². The lowest BCUT2D eigenvalue weighted by Crippen LogP contribution is -2.39. The van der Waals surface area contributed by atoms with Crippen molar-refractivity contribution in [3.63, 3.8) is 0 Å². The van der Waals surface area contributed by atoms with Gasteiger partial charge in [-0.2, -0.15) is 0 Å². The topological polar surface area (TPSA) is 65.1 Å². The minimum atomic E-state index is -0.488. The zero-order valence-electron chi connectivity index (χ0n) is 32.8. The van der Waals surface area contributed by atoms with Crippen LogP contribution in [0.15, 0.2) is 0 Å². The Morgan fingerprint density at radius 2 is 0.735 bits per heavy atom. The summed E-state index contributed by atoms with van der Waals surface area (Å²) in [6, 6.07) is 0. The maximum Gasteiger partial charge on any atom is 0.312 e. The molecule has 4 atom stereocenters. The van der Waals surface area contributed by atoms with Crippen molar-refractivity contribution >= 4 is 11.9 Å². The van der Waals surface area contributed by atoms with Gasteiger partial charge in [0.1, 0.15) is 0 Å². The fraction of sp³-hybridized carbons (Fsp3) is 0.955. The highest BCUT2D eigenvalue weighted by Crippen LogP contribution is 2.45. The van der Waals surface area contributed by atoms with Gasteiger partial charge in [-0.25, -0.2) is 0 Å². The van der Waals surface area contributed by atoms with E-state index in [-0.39, 0.29) is 24.1 Å². The molecule has 4 unspecified atom stereocenters. The van der Waals surface area contributed by atoms with E-state index in [0.29, 0.717) is 19.6 Å². The van der Waals surface area contributed by atoms with Crippen LogP contribution in [0.5, 0.6) is 0 Å². The maximum absolute atomic E-state index is 13.0. The second-order valence-corrected chi connectivity index (χ2v) is 15.8. The fourth-order valence-corrected chi connectivity index (χ4v) is 7.87. The summed E-state index contributed by atoms with van der Waals surface area (Å²) in [6.07, 6.45) is 43.9. The van der Waals surface area contributed by atoms with Crippen LogP contribution in [0.1, 0.15) is 232 Å². The van der Waals surface area contributed by atoms with Gasteiger partial charge in [-0.3, -0.25) is 9.59 Å². The number of ether oxygens (including phenoxy) is 3. The molecule has 0 aromatic rings. The first kappa shape index (κ1) is 44.1. The van der Waals surface area contributed by atoms with Gasteiger partial charge >= 0.3 is 11.9 Å². The van der Waals surface area contributed by atoms with Crippen LogP contribution >= 0.6 is 0 Å². The molecule has 49 heavy (non-hydrogen) atoms. The van der Waals surface area contributed by atoms with Crippen molar-refractivity contribution < 1.29 is 23.8 Å². The first-order chi connectivity index (χ1) is 24.2. The van der Waals surface area contributed by atoms with Crippen molar-refractivity contribution in [2.24, 2.45) is 11.8 Å². The lowest BCUT2D eigenvalue weighted by Gasteiger charge is -2.25. The summed E-state index contributed by atoms with van der Waals surface area (Å²) in [6.45, 7) is 5.48. The third kappa shape index (κ3) is 23.2. The quantitative estimate of drug-likeness (QED) is 0.0372. The van der Waals surface area contributed by atoms with Crippen LogP contribution in [0.2, 0.25) is 0 Å². The van der Waals surface area contributed by atoms with Crippen LogP contribution in [0.3, 0.4) is 0 Å². The van der Waals surface area contributed by atoms with E-state index in [4.69, 9.17) is 14.2 Å². The van der Waals surface area contributed by atoms with E-state index in [1.807, 2.05) is 0 Å². The molecule has 1 aliphatic heterocycles. The number of epoxide rings is 1. The number of carbonyl (C=O) groups excluding carboxylic acids is 2. The molecule has 1 aliphatic carbocycles. The number of unbranched alkanes of at least 4 members (excludes halogenated alkanes) is 30. The van der Waals surface area contributed by atoms with Crippen LogP contribution in [-0.4, -0.2) is 37.4 Å². The van der Waals surface area contributed by atoms with Gasteiger partial charge in [0.2, 0.25) is 0 Å². The molecule has 1 heterocycles. The minimum Gasteiger partial charge on any atom is -0.465 e. The molecular formula is C44H82O5. The van der Waals surface area contributed by atoms with Crippen molar-refractivity contribution in [3.05, 3.63) is 0 Å². The Morgan fingerprint density at radius 3 is 1.08 bits per heavy atom. The number of hydrogen-bond donors (Lipinski definition) is 0. The molecule has 0 amide bonds. The van der Waals surface area contributed by atoms with Crippen LogP contribution in [0.25, 0.3) is 0 Å². The van der Waals surface area contributed by atoms with Crippen molar-refractivity contribution in [1.29, 1.82) is 0 Å². The summed E-state index contributed by atoms with van der Waals surface area (Å²) in [5.74, 6) is -1.38. The van der Waals surface area contributed by atoms with E-state index < -0.39 is 11.8 Å². The predicted molar refractivity (Wildman–Crippen MR) is 206 cm³/mol. The van der Waals surface area contributed by atoms with Crippen molar-refractivity contribution in [2.75, 3.05) is 13.2 Å². The van der Waals surface area contributed by atoms with Gasteiger partial charge in [-0.15, -0.1) is 0 Å². The molecule has 2 fully saturated rings. The minimum absolute atomic E-state index is 0.123. The van der Waals surface area contributed by atoms with Gasteiger partial charge < -0.3 is 14.2 Å². The van der Waals surface area contributed by atoms with E-state index in [1.54, 1.807) is 0 Å². The Kier molecular flexibility index (Phi) is 28.4. The fourth-order valence-electron chi connectivity index (χ4n) is 7.87. The number of esters is 2. The SMILES string of the molecule is CCCCCCCCCCCCCCCCCCOC(=O)C1CCC2OC2C1C(=O)OCCCCCCCCCCCCCCCCCC. The second kappa shape index (κ2) is 31.6. The largest absolute Gasteiger partial charge is 0.465 e. The standard InChI is InChI=1S/C44H82O5/c1-3-5-7-9-11-13-15-17-19-21-23-25-27-29-31-33-37-47-43(45)39-35-36-40-42(49-40)41(39)44(46)48-38-34-32-30-28-26-24-22-20-18-16-14-12-10-8-6-4-2/h39-42H,3-38H2,1-2H3. The second-order valence-electron chi connectivity index (χ2n) is 15.8. The third-order valence-electron chi connectivity index (χ3n) is 11.2. The van der Waals surface area contributed by atoms with Gasteiger partial charge in [0.05, 0.1) is 37.3 Å². The Labute approximate surface area is 304 Å². The first-order valence-electron chi connectivity index (χ1n) is 22.2. The van der Waals surface area contributed by atoms with Crippen LogP contribution in [0.4, 0.5) is 0 Å². The molecular weight excluding hydrogens is 608 g/mol. The monoisotopic (exact) mass is 691 g/mol. The summed E-state index contributed by atoms with van der Waals surface area (Å²) < 4.78 is 17.1. The molecule has 1 saturated heterocycles. The van der Waals surface area contributed by atoms with Crippen LogP contribution < -0.4 is 0 Å². The number of rotatable bonds is 36.